The van der Waals surface area contributed by atoms with E-state index in [9.17, 15) is 4.79 Å². The molecular formula is C19H23N3O3. The van der Waals surface area contributed by atoms with Gasteiger partial charge in [-0.2, -0.15) is 0 Å². The Bertz CT molecular complexity index is 689. The van der Waals surface area contributed by atoms with E-state index in [4.69, 9.17) is 9.15 Å². The zero-order chi connectivity index (χ0) is 17.1. The van der Waals surface area contributed by atoms with Gasteiger partial charge in [0, 0.05) is 43.9 Å². The number of carbonyl (C=O) groups is 1. The molecule has 0 radical (unpaired) electrons. The van der Waals surface area contributed by atoms with Crippen LogP contribution < -0.4 is 5.32 Å². The van der Waals surface area contributed by atoms with Gasteiger partial charge in [-0.1, -0.05) is 6.07 Å². The predicted molar refractivity (Wildman–Crippen MR) is 91.4 cm³/mol. The maximum absolute atomic E-state index is 12.8. The predicted octanol–water partition coefficient (Wildman–Crippen LogP) is 1.83. The summed E-state index contributed by atoms with van der Waals surface area (Å²) >= 11 is 0. The molecule has 132 valence electrons. The van der Waals surface area contributed by atoms with Gasteiger partial charge in [0.2, 0.25) is 5.91 Å². The quantitative estimate of drug-likeness (QED) is 0.899. The summed E-state index contributed by atoms with van der Waals surface area (Å²) in [5.41, 5.74) is 2.00. The number of fused-ring (bicyclic) bond motifs is 1. The van der Waals surface area contributed by atoms with Crippen LogP contribution in [0.3, 0.4) is 0 Å². The van der Waals surface area contributed by atoms with E-state index in [1.807, 2.05) is 24.3 Å². The van der Waals surface area contributed by atoms with E-state index in [0.29, 0.717) is 12.5 Å². The molecular weight excluding hydrogens is 318 g/mol. The Morgan fingerprint density at radius 3 is 3.08 bits per heavy atom. The average molecular weight is 341 g/mol. The van der Waals surface area contributed by atoms with Gasteiger partial charge in [-0.25, -0.2) is 0 Å². The van der Waals surface area contributed by atoms with E-state index in [1.54, 1.807) is 18.7 Å². The van der Waals surface area contributed by atoms with E-state index in [1.165, 1.54) is 0 Å². The van der Waals surface area contributed by atoms with Crippen molar-refractivity contribution in [3.63, 3.8) is 0 Å². The summed E-state index contributed by atoms with van der Waals surface area (Å²) in [6.45, 7) is 3.63. The molecule has 4 rings (SSSR count). The molecule has 1 amide bonds. The van der Waals surface area contributed by atoms with Crippen molar-refractivity contribution in [3.05, 3.63) is 54.2 Å². The van der Waals surface area contributed by atoms with Crippen molar-refractivity contribution in [2.75, 3.05) is 19.7 Å². The topological polar surface area (TPSA) is 67.6 Å². The molecule has 1 N–H and O–H groups in total. The molecule has 2 aromatic rings. The highest BCUT2D eigenvalue weighted by Gasteiger charge is 2.43. The molecule has 0 saturated carbocycles. The normalized spacial score (nSPS) is 26.3. The first kappa shape index (κ1) is 16.3. The number of nitrogens with one attached hydrogen (secondary N) is 1. The number of carbonyl (C=O) groups excluding carboxylic acids is 1. The number of piperidine rings is 1. The molecule has 0 bridgehead atoms. The lowest BCUT2D eigenvalue weighted by atomic mass is 9.82. The Labute approximate surface area is 147 Å². The van der Waals surface area contributed by atoms with E-state index in [0.717, 1.165) is 43.9 Å². The second kappa shape index (κ2) is 7.37. The van der Waals surface area contributed by atoms with Gasteiger partial charge in [-0.15, -0.1) is 0 Å². The monoisotopic (exact) mass is 341 g/mol. The number of hydrogen-bond acceptors (Lipinski definition) is 5. The van der Waals surface area contributed by atoms with Gasteiger partial charge < -0.3 is 14.5 Å². The number of furan rings is 1. The Morgan fingerprint density at radius 2 is 2.28 bits per heavy atom. The van der Waals surface area contributed by atoms with Crippen molar-refractivity contribution in [3.8, 4) is 0 Å². The molecule has 2 aromatic heterocycles. The van der Waals surface area contributed by atoms with Crippen molar-refractivity contribution < 1.29 is 13.9 Å². The summed E-state index contributed by atoms with van der Waals surface area (Å²) < 4.78 is 11.1. The lowest BCUT2D eigenvalue weighted by Gasteiger charge is -2.39. The smallest absolute Gasteiger partial charge is 0.225 e. The van der Waals surface area contributed by atoms with Crippen molar-refractivity contribution in [1.82, 2.24) is 15.2 Å². The SMILES string of the molecule is O=C(NCc1ccccn1)[C@@H]1CN(Cc2ccoc2)C[C@@H]2OCC[C@@H]21. The molecule has 2 aliphatic heterocycles. The van der Waals surface area contributed by atoms with Gasteiger partial charge in [-0.05, 0) is 24.6 Å². The Balaban J connectivity index is 1.41. The van der Waals surface area contributed by atoms with Crippen molar-refractivity contribution in [2.24, 2.45) is 11.8 Å². The summed E-state index contributed by atoms with van der Waals surface area (Å²) in [5.74, 6) is 0.365. The molecule has 0 aliphatic carbocycles. The average Bonchev–Trinajstić information content (AvgIpc) is 3.31. The van der Waals surface area contributed by atoms with Crippen molar-refractivity contribution in [2.45, 2.75) is 25.6 Å². The van der Waals surface area contributed by atoms with E-state index < -0.39 is 0 Å². The minimum atomic E-state index is -0.0446. The number of hydrogen-bond donors (Lipinski definition) is 1. The van der Waals surface area contributed by atoms with Crippen LogP contribution in [0.4, 0.5) is 0 Å². The molecule has 2 saturated heterocycles. The molecule has 0 unspecified atom stereocenters. The van der Waals surface area contributed by atoms with Gasteiger partial charge in [-0.3, -0.25) is 14.7 Å². The second-order valence-corrected chi connectivity index (χ2v) is 6.83. The molecule has 0 aromatic carbocycles. The maximum atomic E-state index is 12.8. The zero-order valence-electron chi connectivity index (χ0n) is 14.1. The first-order valence-electron chi connectivity index (χ1n) is 8.82. The molecule has 4 heterocycles. The Kier molecular flexibility index (Phi) is 4.81. The van der Waals surface area contributed by atoms with Crippen molar-refractivity contribution in [1.29, 1.82) is 0 Å². The lowest BCUT2D eigenvalue weighted by Crippen LogP contribution is -2.52. The van der Waals surface area contributed by atoms with Crippen LogP contribution >= 0.6 is 0 Å². The summed E-state index contributed by atoms with van der Waals surface area (Å²) in [5, 5.41) is 3.06. The minimum absolute atomic E-state index is 0.0446. The fourth-order valence-corrected chi connectivity index (χ4v) is 3.91. The molecule has 0 spiro atoms. The minimum Gasteiger partial charge on any atom is -0.472 e. The van der Waals surface area contributed by atoms with Crippen LogP contribution in [0.15, 0.2) is 47.4 Å². The van der Waals surface area contributed by atoms with Crippen LogP contribution in [-0.2, 0) is 22.6 Å². The Hall–Kier alpha value is -2.18. The van der Waals surface area contributed by atoms with Crippen molar-refractivity contribution >= 4 is 5.91 Å². The third-order valence-electron chi connectivity index (χ3n) is 5.16. The van der Waals surface area contributed by atoms with E-state index >= 15 is 0 Å². The van der Waals surface area contributed by atoms with Gasteiger partial charge >= 0.3 is 0 Å². The molecule has 3 atom stereocenters. The first-order valence-corrected chi connectivity index (χ1v) is 8.82. The fourth-order valence-electron chi connectivity index (χ4n) is 3.91. The maximum Gasteiger partial charge on any atom is 0.225 e. The number of pyridine rings is 1. The molecule has 6 nitrogen and oxygen atoms in total. The number of nitrogens with zero attached hydrogens (tertiary/aromatic N) is 2. The summed E-state index contributed by atoms with van der Waals surface area (Å²) in [7, 11) is 0. The van der Waals surface area contributed by atoms with Crippen LogP contribution in [0.25, 0.3) is 0 Å². The van der Waals surface area contributed by atoms with Crippen LogP contribution in [0.1, 0.15) is 17.7 Å². The summed E-state index contributed by atoms with van der Waals surface area (Å²) in [4.78, 5) is 19.4. The lowest BCUT2D eigenvalue weighted by molar-refractivity contribution is -0.131. The largest absolute Gasteiger partial charge is 0.472 e. The van der Waals surface area contributed by atoms with Crippen LogP contribution in [0, 0.1) is 11.8 Å². The van der Waals surface area contributed by atoms with Crippen LogP contribution in [0.5, 0.6) is 0 Å². The van der Waals surface area contributed by atoms with Gasteiger partial charge in [0.05, 0.1) is 36.8 Å². The van der Waals surface area contributed by atoms with Crippen LogP contribution in [0.2, 0.25) is 0 Å². The molecule has 25 heavy (non-hydrogen) atoms. The molecule has 6 heteroatoms. The summed E-state index contributed by atoms with van der Waals surface area (Å²) in [6, 6.07) is 7.70. The highest BCUT2D eigenvalue weighted by atomic mass is 16.5. The number of ether oxygens (including phenoxy) is 1. The third kappa shape index (κ3) is 3.75. The first-order chi connectivity index (χ1) is 12.3. The third-order valence-corrected chi connectivity index (χ3v) is 5.16. The highest BCUT2D eigenvalue weighted by Crippen LogP contribution is 2.34. The summed E-state index contributed by atoms with van der Waals surface area (Å²) in [6.07, 6.45) is 6.30. The van der Waals surface area contributed by atoms with Gasteiger partial charge in [0.1, 0.15) is 0 Å². The van der Waals surface area contributed by atoms with Gasteiger partial charge in [0.15, 0.2) is 0 Å². The second-order valence-electron chi connectivity index (χ2n) is 6.83. The standard InChI is InChI=1S/C19H23N3O3/c23-19(21-9-15-3-1-2-6-20-15)17-11-22(10-14-4-7-24-13-14)12-18-16(17)5-8-25-18/h1-4,6-7,13,16-18H,5,8-12H2,(H,21,23)/t16-,17-,18+/m1/s1. The van der Waals surface area contributed by atoms with E-state index in [-0.39, 0.29) is 17.9 Å². The number of aromatic nitrogens is 1. The van der Waals surface area contributed by atoms with Gasteiger partial charge in [0.25, 0.3) is 0 Å². The van der Waals surface area contributed by atoms with Crippen LogP contribution in [-0.4, -0.2) is 41.6 Å². The Morgan fingerprint density at radius 1 is 1.32 bits per heavy atom. The molecule has 2 aliphatic rings. The fraction of sp³-hybridized carbons (Fsp3) is 0.474. The number of likely N-dealkylation sites (tertiary alicyclic amines) is 1. The highest BCUT2D eigenvalue weighted by molar-refractivity contribution is 5.79. The molecule has 2 fully saturated rings. The van der Waals surface area contributed by atoms with E-state index in [2.05, 4.69) is 15.2 Å². The zero-order valence-corrected chi connectivity index (χ0v) is 14.1. The number of amides is 1. The number of rotatable bonds is 5.